The van der Waals surface area contributed by atoms with Gasteiger partial charge in [0.1, 0.15) is 11.6 Å². The van der Waals surface area contributed by atoms with Gasteiger partial charge in [-0.1, -0.05) is 6.42 Å². The van der Waals surface area contributed by atoms with Crippen LogP contribution in [0.4, 0.5) is 8.78 Å². The zero-order valence-corrected chi connectivity index (χ0v) is 17.9. The van der Waals surface area contributed by atoms with Crippen molar-refractivity contribution in [1.82, 2.24) is 25.3 Å². The van der Waals surface area contributed by atoms with E-state index in [-0.39, 0.29) is 30.8 Å². The van der Waals surface area contributed by atoms with Gasteiger partial charge >= 0.3 is 0 Å². The average molecular weight is 434 g/mol. The number of aromatic nitrogens is 2. The molecule has 31 heavy (non-hydrogen) atoms. The SMILES string of the molecule is CN1C[C@H](NCc2cnn(C)c2)CCC[C@@H](C(=O)NCc2cc(F)cc(F)c2)CC1=O. The molecule has 3 rings (SSSR count). The second-order valence-corrected chi connectivity index (χ2v) is 8.20. The van der Waals surface area contributed by atoms with Gasteiger partial charge in [-0.3, -0.25) is 14.3 Å². The number of amides is 2. The van der Waals surface area contributed by atoms with Crippen molar-refractivity contribution in [3.8, 4) is 0 Å². The molecule has 0 spiro atoms. The van der Waals surface area contributed by atoms with Crippen LogP contribution in [0.5, 0.6) is 0 Å². The number of carbonyl (C=O) groups is 2. The Balaban J connectivity index is 1.55. The molecule has 1 aromatic heterocycles. The number of nitrogens with one attached hydrogen (secondary N) is 2. The zero-order chi connectivity index (χ0) is 22.4. The van der Waals surface area contributed by atoms with Crippen LogP contribution in [0.3, 0.4) is 0 Å². The maximum absolute atomic E-state index is 13.3. The molecule has 2 atom stereocenters. The molecule has 0 radical (unpaired) electrons. The maximum Gasteiger partial charge on any atom is 0.223 e. The van der Waals surface area contributed by atoms with Crippen LogP contribution in [-0.2, 0) is 29.7 Å². The first-order chi connectivity index (χ1) is 14.8. The molecule has 1 fully saturated rings. The normalized spacial score (nSPS) is 20.1. The monoisotopic (exact) mass is 433 g/mol. The van der Waals surface area contributed by atoms with E-state index < -0.39 is 17.6 Å². The number of nitrogens with zero attached hydrogens (tertiary/aromatic N) is 3. The summed E-state index contributed by atoms with van der Waals surface area (Å²) in [5.41, 5.74) is 1.42. The fourth-order valence-electron chi connectivity index (χ4n) is 3.87. The third kappa shape index (κ3) is 6.85. The summed E-state index contributed by atoms with van der Waals surface area (Å²) < 4.78 is 28.4. The summed E-state index contributed by atoms with van der Waals surface area (Å²) in [4.78, 5) is 27.0. The van der Waals surface area contributed by atoms with Crippen molar-refractivity contribution in [2.75, 3.05) is 13.6 Å². The lowest BCUT2D eigenvalue weighted by Crippen LogP contribution is -2.41. The van der Waals surface area contributed by atoms with Gasteiger partial charge in [-0.2, -0.15) is 5.10 Å². The summed E-state index contributed by atoms with van der Waals surface area (Å²) in [6.07, 6.45) is 6.07. The van der Waals surface area contributed by atoms with Crippen LogP contribution in [0.25, 0.3) is 0 Å². The summed E-state index contributed by atoms with van der Waals surface area (Å²) >= 11 is 0. The molecule has 0 bridgehead atoms. The van der Waals surface area contributed by atoms with Crippen molar-refractivity contribution >= 4 is 11.8 Å². The Kier molecular flexibility index (Phi) is 7.73. The number of halogens is 2. The van der Waals surface area contributed by atoms with Crippen LogP contribution in [0, 0.1) is 17.6 Å². The highest BCUT2D eigenvalue weighted by Crippen LogP contribution is 2.19. The van der Waals surface area contributed by atoms with Crippen LogP contribution in [0.1, 0.15) is 36.8 Å². The van der Waals surface area contributed by atoms with E-state index in [4.69, 9.17) is 0 Å². The molecule has 168 valence electrons. The van der Waals surface area contributed by atoms with Gasteiger partial charge in [-0.15, -0.1) is 0 Å². The number of benzene rings is 1. The van der Waals surface area contributed by atoms with E-state index in [1.54, 1.807) is 16.6 Å². The minimum atomic E-state index is -0.687. The summed E-state index contributed by atoms with van der Waals surface area (Å²) in [6.45, 7) is 1.24. The van der Waals surface area contributed by atoms with Gasteiger partial charge in [-0.05, 0) is 30.5 Å². The van der Waals surface area contributed by atoms with Gasteiger partial charge in [0.15, 0.2) is 0 Å². The minimum Gasteiger partial charge on any atom is -0.352 e. The molecule has 7 nitrogen and oxygen atoms in total. The molecular weight excluding hydrogens is 404 g/mol. The molecule has 1 aliphatic heterocycles. The molecule has 1 aromatic carbocycles. The van der Waals surface area contributed by atoms with Gasteiger partial charge < -0.3 is 15.5 Å². The van der Waals surface area contributed by atoms with Crippen LogP contribution >= 0.6 is 0 Å². The van der Waals surface area contributed by atoms with Gasteiger partial charge in [0.25, 0.3) is 0 Å². The van der Waals surface area contributed by atoms with Crippen LogP contribution in [0.15, 0.2) is 30.6 Å². The van der Waals surface area contributed by atoms with E-state index in [2.05, 4.69) is 15.7 Å². The second kappa shape index (κ2) is 10.5. The standard InChI is InChI=1S/C22H29F2N5O2/c1-28-14-20(25-11-16-12-27-29(2)13-16)5-3-4-17(8-21(28)30)22(31)26-10-15-6-18(23)9-19(24)7-15/h6-7,9,12-13,17,20,25H,3-5,8,10-11,14H2,1-2H3,(H,26,31)/t17-,20-/m1/s1. The zero-order valence-electron chi connectivity index (χ0n) is 17.9. The number of hydrogen-bond acceptors (Lipinski definition) is 4. The first kappa shape index (κ1) is 22.9. The highest BCUT2D eigenvalue weighted by atomic mass is 19.1. The predicted molar refractivity (Wildman–Crippen MR) is 112 cm³/mol. The van der Waals surface area contributed by atoms with E-state index in [1.807, 2.05) is 19.4 Å². The highest BCUT2D eigenvalue weighted by molar-refractivity contribution is 5.85. The Hall–Kier alpha value is -2.81. The Labute approximate surface area is 180 Å². The minimum absolute atomic E-state index is 0.0172. The average Bonchev–Trinajstić information content (AvgIpc) is 3.14. The van der Waals surface area contributed by atoms with Crippen molar-refractivity contribution in [2.45, 2.75) is 44.8 Å². The molecule has 9 heteroatoms. The van der Waals surface area contributed by atoms with Crippen molar-refractivity contribution in [2.24, 2.45) is 13.0 Å². The lowest BCUT2D eigenvalue weighted by molar-refractivity contribution is -0.135. The number of hydrogen-bond donors (Lipinski definition) is 2. The maximum atomic E-state index is 13.3. The molecule has 1 aliphatic rings. The Morgan fingerprint density at radius 1 is 1.13 bits per heavy atom. The van der Waals surface area contributed by atoms with E-state index in [9.17, 15) is 18.4 Å². The van der Waals surface area contributed by atoms with Gasteiger partial charge in [0.2, 0.25) is 11.8 Å². The van der Waals surface area contributed by atoms with Crippen LogP contribution in [-0.4, -0.2) is 46.1 Å². The number of rotatable bonds is 6. The summed E-state index contributed by atoms with van der Waals surface area (Å²) in [6, 6.07) is 3.27. The Morgan fingerprint density at radius 3 is 2.55 bits per heavy atom. The van der Waals surface area contributed by atoms with Gasteiger partial charge in [0.05, 0.1) is 6.20 Å². The number of likely N-dealkylation sites (N-methyl/N-ethyl adjacent to an activating group) is 1. The third-order valence-electron chi connectivity index (χ3n) is 5.56. The highest BCUT2D eigenvalue weighted by Gasteiger charge is 2.27. The van der Waals surface area contributed by atoms with Crippen molar-refractivity contribution in [3.05, 3.63) is 53.4 Å². The van der Waals surface area contributed by atoms with Crippen molar-refractivity contribution in [1.29, 1.82) is 0 Å². The quantitative estimate of drug-likeness (QED) is 0.732. The van der Waals surface area contributed by atoms with Crippen molar-refractivity contribution < 1.29 is 18.4 Å². The predicted octanol–water partition coefficient (Wildman–Crippen LogP) is 2.12. The molecule has 0 saturated carbocycles. The fraction of sp³-hybridized carbons (Fsp3) is 0.500. The number of carbonyl (C=O) groups excluding carboxylic acids is 2. The first-order valence-corrected chi connectivity index (χ1v) is 10.5. The molecule has 2 N–H and O–H groups in total. The van der Waals surface area contributed by atoms with Crippen molar-refractivity contribution in [3.63, 3.8) is 0 Å². The molecule has 2 amide bonds. The molecule has 2 aromatic rings. The lowest BCUT2D eigenvalue weighted by atomic mass is 9.96. The van der Waals surface area contributed by atoms with E-state index in [0.717, 1.165) is 24.5 Å². The third-order valence-corrected chi connectivity index (χ3v) is 5.56. The number of aryl methyl sites for hydroxylation is 1. The smallest absolute Gasteiger partial charge is 0.223 e. The van der Waals surface area contributed by atoms with Gasteiger partial charge in [-0.25, -0.2) is 8.78 Å². The largest absolute Gasteiger partial charge is 0.352 e. The second-order valence-electron chi connectivity index (χ2n) is 8.20. The first-order valence-electron chi connectivity index (χ1n) is 10.5. The van der Waals surface area contributed by atoms with E-state index in [0.29, 0.717) is 25.1 Å². The summed E-state index contributed by atoms with van der Waals surface area (Å²) in [5, 5.41) is 10.4. The Morgan fingerprint density at radius 2 is 1.87 bits per heavy atom. The van der Waals surface area contributed by atoms with Crippen LogP contribution in [0.2, 0.25) is 0 Å². The van der Waals surface area contributed by atoms with E-state index >= 15 is 0 Å². The Bertz CT molecular complexity index is 897. The van der Waals surface area contributed by atoms with E-state index in [1.165, 1.54) is 12.1 Å². The molecule has 2 heterocycles. The molecular formula is C22H29F2N5O2. The fourth-order valence-corrected chi connectivity index (χ4v) is 3.87. The topological polar surface area (TPSA) is 79.3 Å². The summed E-state index contributed by atoms with van der Waals surface area (Å²) in [7, 11) is 3.61. The molecule has 1 saturated heterocycles. The molecule has 0 aliphatic carbocycles. The van der Waals surface area contributed by atoms with Gasteiger partial charge in [0, 0.05) is 69.9 Å². The summed E-state index contributed by atoms with van der Waals surface area (Å²) in [5.74, 6) is -2.20. The van der Waals surface area contributed by atoms with Crippen LogP contribution < -0.4 is 10.6 Å². The molecule has 0 unspecified atom stereocenters. The lowest BCUT2D eigenvalue weighted by Gasteiger charge is -2.24.